The normalized spacial score (nSPS) is 14.4. The van der Waals surface area contributed by atoms with E-state index in [9.17, 15) is 14.0 Å². The monoisotopic (exact) mass is 439 g/mol. The van der Waals surface area contributed by atoms with E-state index < -0.39 is 0 Å². The first kappa shape index (κ1) is 22.1. The third-order valence-corrected chi connectivity index (χ3v) is 6.11. The highest BCUT2D eigenvalue weighted by atomic mass is 19.1. The van der Waals surface area contributed by atoms with Crippen LogP contribution >= 0.6 is 0 Å². The molecule has 1 aliphatic rings. The summed E-state index contributed by atoms with van der Waals surface area (Å²) < 4.78 is 22.9. The molecule has 2 heterocycles. The molecule has 0 spiro atoms. The van der Waals surface area contributed by atoms with Crippen LogP contribution in [0.2, 0.25) is 0 Å². The molecular formula is C25H30FN3O3. The SMILES string of the molecule is CCc1cc2c(c(OC(C)C)c(C(=O)NC3CCCC3)n2C)c(=O)n1-c1ccc(F)cc1. The van der Waals surface area contributed by atoms with E-state index in [1.54, 1.807) is 28.3 Å². The Morgan fingerprint density at radius 1 is 1.22 bits per heavy atom. The molecule has 1 amide bonds. The molecule has 0 aliphatic heterocycles. The van der Waals surface area contributed by atoms with Crippen LogP contribution in [0, 0.1) is 5.82 Å². The van der Waals surface area contributed by atoms with Crippen molar-refractivity contribution in [3.05, 3.63) is 57.9 Å². The second-order valence-electron chi connectivity index (χ2n) is 8.72. The summed E-state index contributed by atoms with van der Waals surface area (Å²) in [4.78, 5) is 27.1. The number of hydrogen-bond donors (Lipinski definition) is 1. The first-order valence-electron chi connectivity index (χ1n) is 11.3. The number of nitrogens with zero attached hydrogens (tertiary/aromatic N) is 2. The number of amides is 1. The van der Waals surface area contributed by atoms with E-state index in [4.69, 9.17) is 4.74 Å². The molecule has 4 rings (SSSR count). The molecule has 0 unspecified atom stereocenters. The summed E-state index contributed by atoms with van der Waals surface area (Å²) in [5.74, 6) is -0.288. The molecule has 3 aromatic rings. The summed E-state index contributed by atoms with van der Waals surface area (Å²) >= 11 is 0. The van der Waals surface area contributed by atoms with E-state index in [0.29, 0.717) is 34.5 Å². The Labute approximate surface area is 187 Å². The van der Waals surface area contributed by atoms with Crippen LogP contribution in [0.25, 0.3) is 16.6 Å². The van der Waals surface area contributed by atoms with E-state index in [2.05, 4.69) is 5.32 Å². The first-order chi connectivity index (χ1) is 15.3. The van der Waals surface area contributed by atoms with Gasteiger partial charge >= 0.3 is 0 Å². The van der Waals surface area contributed by atoms with Crippen LogP contribution in [0.3, 0.4) is 0 Å². The number of carbonyl (C=O) groups excluding carboxylic acids is 1. The van der Waals surface area contributed by atoms with Crippen molar-refractivity contribution >= 4 is 16.8 Å². The predicted octanol–water partition coefficient (Wildman–Crippen LogP) is 4.49. The van der Waals surface area contributed by atoms with Crippen molar-refractivity contribution in [1.82, 2.24) is 14.5 Å². The minimum absolute atomic E-state index is 0.148. The smallest absolute Gasteiger partial charge is 0.272 e. The molecule has 0 bridgehead atoms. The van der Waals surface area contributed by atoms with Crippen molar-refractivity contribution in [2.75, 3.05) is 0 Å². The van der Waals surface area contributed by atoms with Crippen LogP contribution in [-0.4, -0.2) is 27.2 Å². The van der Waals surface area contributed by atoms with Crippen molar-refractivity contribution in [3.63, 3.8) is 0 Å². The van der Waals surface area contributed by atoms with Gasteiger partial charge in [-0.3, -0.25) is 14.2 Å². The number of carbonyl (C=O) groups is 1. The Morgan fingerprint density at radius 2 is 1.88 bits per heavy atom. The van der Waals surface area contributed by atoms with Gasteiger partial charge < -0.3 is 14.6 Å². The van der Waals surface area contributed by atoms with Gasteiger partial charge in [-0.15, -0.1) is 0 Å². The number of ether oxygens (including phenoxy) is 1. The lowest BCUT2D eigenvalue weighted by Gasteiger charge is -2.15. The number of halogens is 1. The van der Waals surface area contributed by atoms with Gasteiger partial charge in [0.2, 0.25) is 0 Å². The molecule has 0 atom stereocenters. The van der Waals surface area contributed by atoms with Crippen LogP contribution < -0.4 is 15.6 Å². The molecule has 0 radical (unpaired) electrons. The molecule has 1 saturated carbocycles. The third kappa shape index (κ3) is 3.92. The molecular weight excluding hydrogens is 409 g/mol. The average molecular weight is 440 g/mol. The van der Waals surface area contributed by atoms with Gasteiger partial charge in [-0.25, -0.2) is 4.39 Å². The number of nitrogens with one attached hydrogen (secondary N) is 1. The lowest BCUT2D eigenvalue weighted by atomic mass is 10.2. The van der Waals surface area contributed by atoms with Gasteiger partial charge in [0.1, 0.15) is 11.2 Å². The Bertz CT molecular complexity index is 1200. The van der Waals surface area contributed by atoms with Crippen molar-refractivity contribution < 1.29 is 13.9 Å². The Hall–Kier alpha value is -3.09. The highest BCUT2D eigenvalue weighted by Crippen LogP contribution is 2.33. The quantitative estimate of drug-likeness (QED) is 0.615. The minimum Gasteiger partial charge on any atom is -0.488 e. The van der Waals surface area contributed by atoms with Gasteiger partial charge in [-0.2, -0.15) is 0 Å². The Morgan fingerprint density at radius 3 is 2.47 bits per heavy atom. The van der Waals surface area contributed by atoms with Crippen LogP contribution in [-0.2, 0) is 13.5 Å². The number of hydrogen-bond acceptors (Lipinski definition) is 3. The lowest BCUT2D eigenvalue weighted by Crippen LogP contribution is -2.34. The van der Waals surface area contributed by atoms with Gasteiger partial charge in [-0.1, -0.05) is 19.8 Å². The fourth-order valence-electron chi connectivity index (χ4n) is 4.58. The number of aryl methyl sites for hydroxylation is 2. The van der Waals surface area contributed by atoms with Gasteiger partial charge in [0.25, 0.3) is 11.5 Å². The fourth-order valence-corrected chi connectivity index (χ4v) is 4.58. The molecule has 0 saturated heterocycles. The molecule has 1 N–H and O–H groups in total. The van der Waals surface area contributed by atoms with E-state index in [-0.39, 0.29) is 29.4 Å². The largest absolute Gasteiger partial charge is 0.488 e. The number of benzene rings is 1. The lowest BCUT2D eigenvalue weighted by molar-refractivity contribution is 0.0924. The minimum atomic E-state index is -0.365. The van der Waals surface area contributed by atoms with E-state index >= 15 is 0 Å². The number of aromatic nitrogens is 2. The summed E-state index contributed by atoms with van der Waals surface area (Å²) in [6.07, 6.45) is 4.52. The van der Waals surface area contributed by atoms with Gasteiger partial charge in [0, 0.05) is 24.5 Å². The second-order valence-corrected chi connectivity index (χ2v) is 8.72. The van der Waals surface area contributed by atoms with E-state index in [1.165, 1.54) is 12.1 Å². The zero-order chi connectivity index (χ0) is 23.0. The van der Waals surface area contributed by atoms with Crippen LogP contribution in [0.5, 0.6) is 5.75 Å². The zero-order valence-electron chi connectivity index (χ0n) is 19.1. The van der Waals surface area contributed by atoms with E-state index in [1.807, 2.05) is 26.8 Å². The molecule has 6 nitrogen and oxygen atoms in total. The topological polar surface area (TPSA) is 65.3 Å². The third-order valence-electron chi connectivity index (χ3n) is 6.11. The molecule has 7 heteroatoms. The highest BCUT2D eigenvalue weighted by Gasteiger charge is 2.29. The summed E-state index contributed by atoms with van der Waals surface area (Å²) in [6.45, 7) is 5.70. The van der Waals surface area contributed by atoms with Crippen molar-refractivity contribution in [3.8, 4) is 11.4 Å². The second kappa shape index (κ2) is 8.81. The number of rotatable bonds is 6. The van der Waals surface area contributed by atoms with Crippen molar-refractivity contribution in [1.29, 1.82) is 0 Å². The van der Waals surface area contributed by atoms with Gasteiger partial charge in [-0.05, 0) is 63.4 Å². The van der Waals surface area contributed by atoms with Gasteiger partial charge in [0.05, 0.1) is 11.6 Å². The van der Waals surface area contributed by atoms with Crippen LogP contribution in [0.4, 0.5) is 4.39 Å². The fraction of sp³-hybridized carbons (Fsp3) is 0.440. The zero-order valence-corrected chi connectivity index (χ0v) is 19.1. The molecule has 1 aliphatic carbocycles. The first-order valence-corrected chi connectivity index (χ1v) is 11.3. The highest BCUT2D eigenvalue weighted by molar-refractivity contribution is 6.04. The summed E-state index contributed by atoms with van der Waals surface area (Å²) in [5, 5.41) is 3.48. The molecule has 1 fully saturated rings. The predicted molar refractivity (Wildman–Crippen MR) is 123 cm³/mol. The maximum atomic E-state index is 13.8. The molecule has 1 aromatic carbocycles. The maximum Gasteiger partial charge on any atom is 0.272 e. The maximum absolute atomic E-state index is 13.8. The molecule has 170 valence electrons. The summed E-state index contributed by atoms with van der Waals surface area (Å²) in [6, 6.07) is 7.90. The van der Waals surface area contributed by atoms with E-state index in [0.717, 1.165) is 31.4 Å². The standard InChI is InChI=1S/C25H30FN3O3/c1-5-18-14-20-21(25(31)29(18)19-12-10-16(26)11-13-19)23(32-15(2)3)22(28(20)4)24(30)27-17-8-6-7-9-17/h10-15,17H,5-9H2,1-4H3,(H,27,30). The molecule has 32 heavy (non-hydrogen) atoms. The molecule has 2 aromatic heterocycles. The van der Waals surface area contributed by atoms with Crippen LogP contribution in [0.1, 0.15) is 62.6 Å². The number of pyridine rings is 1. The number of fused-ring (bicyclic) bond motifs is 1. The Balaban J connectivity index is 1.96. The van der Waals surface area contributed by atoms with Crippen LogP contribution in [0.15, 0.2) is 35.1 Å². The van der Waals surface area contributed by atoms with Crippen molar-refractivity contribution in [2.24, 2.45) is 7.05 Å². The van der Waals surface area contributed by atoms with Crippen molar-refractivity contribution in [2.45, 2.75) is 65.0 Å². The Kier molecular flexibility index (Phi) is 6.09. The van der Waals surface area contributed by atoms with Gasteiger partial charge in [0.15, 0.2) is 11.4 Å². The summed E-state index contributed by atoms with van der Waals surface area (Å²) in [5.41, 5.74) is 2.08. The average Bonchev–Trinajstić information content (AvgIpc) is 3.35. The summed E-state index contributed by atoms with van der Waals surface area (Å²) in [7, 11) is 1.79.